The predicted octanol–water partition coefficient (Wildman–Crippen LogP) is 3.29. The van der Waals surface area contributed by atoms with Crippen LogP contribution in [0.1, 0.15) is 44.2 Å². The van der Waals surface area contributed by atoms with Crippen LogP contribution in [0.2, 0.25) is 0 Å². The lowest BCUT2D eigenvalue weighted by Gasteiger charge is -2.23. The Balaban J connectivity index is 2.06. The quantitative estimate of drug-likeness (QED) is 0.737. The fourth-order valence-electron chi connectivity index (χ4n) is 3.67. The summed E-state index contributed by atoms with van der Waals surface area (Å²) in [6, 6.07) is 9.77. The van der Waals surface area contributed by atoms with Gasteiger partial charge in [-0.1, -0.05) is 26.0 Å². The van der Waals surface area contributed by atoms with E-state index in [0.29, 0.717) is 18.8 Å². The Morgan fingerprint density at radius 3 is 2.79 bits per heavy atom. The highest BCUT2D eigenvalue weighted by molar-refractivity contribution is 6.10. The molecule has 1 fully saturated rings. The van der Waals surface area contributed by atoms with Crippen molar-refractivity contribution in [3.63, 3.8) is 0 Å². The van der Waals surface area contributed by atoms with E-state index in [1.807, 2.05) is 22.8 Å². The number of nitrogens with zero attached hydrogens (tertiary/aromatic N) is 2. The number of piperidine rings is 1. The summed E-state index contributed by atoms with van der Waals surface area (Å²) in [5, 5.41) is 4.67. The van der Waals surface area contributed by atoms with Crippen LogP contribution in [0.15, 0.2) is 36.5 Å². The number of hydrogen-bond donors (Lipinski definition) is 1. The molecule has 4 rings (SSSR count). The number of amides is 2. The van der Waals surface area contributed by atoms with E-state index in [-0.39, 0.29) is 11.8 Å². The maximum atomic E-state index is 12.4. The number of aromatic nitrogens is 2. The molecule has 0 aliphatic carbocycles. The number of benzene rings is 1. The van der Waals surface area contributed by atoms with Crippen LogP contribution in [-0.4, -0.2) is 21.4 Å². The van der Waals surface area contributed by atoms with Gasteiger partial charge in [0.25, 0.3) is 0 Å². The molecule has 1 saturated heterocycles. The van der Waals surface area contributed by atoms with Crippen LogP contribution in [0.4, 0.5) is 0 Å². The third-order valence-corrected chi connectivity index (χ3v) is 4.76. The number of imide groups is 1. The van der Waals surface area contributed by atoms with Crippen LogP contribution < -0.4 is 5.32 Å². The summed E-state index contributed by atoms with van der Waals surface area (Å²) in [5.41, 5.74) is 3.05. The fraction of sp³-hybridized carbons (Fsp3) is 0.316. The molecule has 2 aromatic heterocycles. The highest BCUT2D eigenvalue weighted by Crippen LogP contribution is 2.37. The number of hydrogen-bond acceptors (Lipinski definition) is 3. The monoisotopic (exact) mass is 321 g/mol. The Hall–Kier alpha value is -2.69. The second-order valence-electron chi connectivity index (χ2n) is 6.61. The zero-order valence-corrected chi connectivity index (χ0v) is 13.7. The first kappa shape index (κ1) is 14.9. The molecule has 0 saturated carbocycles. The molecule has 1 aliphatic rings. The van der Waals surface area contributed by atoms with Gasteiger partial charge in [-0.2, -0.15) is 0 Å². The summed E-state index contributed by atoms with van der Waals surface area (Å²) >= 11 is 0. The van der Waals surface area contributed by atoms with E-state index in [9.17, 15) is 9.59 Å². The first-order chi connectivity index (χ1) is 11.6. The van der Waals surface area contributed by atoms with Gasteiger partial charge in [-0.3, -0.25) is 14.9 Å². The molecule has 1 aromatic carbocycles. The minimum absolute atomic E-state index is 0.201. The topological polar surface area (TPSA) is 64.0 Å². The van der Waals surface area contributed by atoms with E-state index in [1.54, 1.807) is 6.20 Å². The first-order valence-electron chi connectivity index (χ1n) is 8.29. The van der Waals surface area contributed by atoms with Gasteiger partial charge in [0.15, 0.2) is 0 Å². The Kier molecular flexibility index (Phi) is 3.37. The average Bonchev–Trinajstić information content (AvgIpc) is 2.89. The number of carbonyl (C=O) groups is 2. The van der Waals surface area contributed by atoms with E-state index < -0.39 is 6.04 Å². The average molecular weight is 321 g/mol. The van der Waals surface area contributed by atoms with Crippen molar-refractivity contribution in [3.8, 4) is 0 Å². The van der Waals surface area contributed by atoms with Crippen molar-refractivity contribution in [2.75, 3.05) is 0 Å². The minimum atomic E-state index is -0.403. The van der Waals surface area contributed by atoms with Crippen LogP contribution in [0.25, 0.3) is 21.9 Å². The van der Waals surface area contributed by atoms with Crippen molar-refractivity contribution < 1.29 is 9.59 Å². The maximum Gasteiger partial charge on any atom is 0.249 e. The molecule has 1 atom stereocenters. The summed E-state index contributed by atoms with van der Waals surface area (Å²) in [6.45, 7) is 4.33. The predicted molar refractivity (Wildman–Crippen MR) is 92.7 cm³/mol. The molecule has 1 aliphatic heterocycles. The smallest absolute Gasteiger partial charge is 0.249 e. The van der Waals surface area contributed by atoms with Gasteiger partial charge in [0.05, 0.1) is 5.52 Å². The summed E-state index contributed by atoms with van der Waals surface area (Å²) in [6.07, 6.45) is 2.61. The Labute approximate surface area is 139 Å². The molecule has 5 nitrogen and oxygen atoms in total. The largest absolute Gasteiger partial charge is 0.313 e. The third-order valence-electron chi connectivity index (χ3n) is 4.76. The lowest BCUT2D eigenvalue weighted by Crippen LogP contribution is -2.41. The molecule has 5 heteroatoms. The summed E-state index contributed by atoms with van der Waals surface area (Å²) in [5.74, 6) is -0.0757. The van der Waals surface area contributed by atoms with Crippen molar-refractivity contribution in [3.05, 3.63) is 42.1 Å². The molecule has 1 unspecified atom stereocenters. The summed E-state index contributed by atoms with van der Waals surface area (Å²) in [7, 11) is 0. The van der Waals surface area contributed by atoms with E-state index in [2.05, 4.69) is 36.3 Å². The number of carbonyl (C=O) groups excluding carboxylic acids is 2. The molecular formula is C19H19N3O2. The van der Waals surface area contributed by atoms with Gasteiger partial charge in [-0.05, 0) is 36.1 Å². The molecule has 3 heterocycles. The normalized spacial score (nSPS) is 18.5. The van der Waals surface area contributed by atoms with Gasteiger partial charge < -0.3 is 4.57 Å². The van der Waals surface area contributed by atoms with Gasteiger partial charge in [-0.15, -0.1) is 0 Å². The standard InChI is InChI=1S/C19H19N3O2/c1-11(2)12-5-3-7-14-17(12)13-6-4-10-20-18(13)22(14)15-8-9-16(23)21-19(15)24/h3-7,10-11,15H,8-9H2,1-2H3,(H,21,23,24). The van der Waals surface area contributed by atoms with Gasteiger partial charge in [-0.25, -0.2) is 4.98 Å². The molecule has 2 amide bonds. The van der Waals surface area contributed by atoms with Crippen molar-refractivity contribution >= 4 is 33.8 Å². The van der Waals surface area contributed by atoms with Gasteiger partial charge in [0, 0.05) is 23.4 Å². The van der Waals surface area contributed by atoms with Gasteiger partial charge in [0.2, 0.25) is 11.8 Å². The second kappa shape index (κ2) is 5.44. The zero-order valence-electron chi connectivity index (χ0n) is 13.7. The van der Waals surface area contributed by atoms with Crippen LogP contribution in [0.3, 0.4) is 0 Å². The Bertz CT molecular complexity index is 971. The van der Waals surface area contributed by atoms with Crippen LogP contribution >= 0.6 is 0 Å². The molecule has 3 aromatic rings. The van der Waals surface area contributed by atoms with Crippen LogP contribution in [-0.2, 0) is 9.59 Å². The van der Waals surface area contributed by atoms with E-state index in [4.69, 9.17) is 0 Å². The molecular weight excluding hydrogens is 302 g/mol. The number of nitrogens with one attached hydrogen (secondary N) is 1. The number of fused-ring (bicyclic) bond motifs is 3. The molecule has 122 valence electrons. The Morgan fingerprint density at radius 1 is 1.21 bits per heavy atom. The molecule has 0 radical (unpaired) electrons. The summed E-state index contributed by atoms with van der Waals surface area (Å²) < 4.78 is 2.00. The van der Waals surface area contributed by atoms with Crippen LogP contribution in [0.5, 0.6) is 0 Å². The third kappa shape index (κ3) is 2.12. The van der Waals surface area contributed by atoms with E-state index >= 15 is 0 Å². The van der Waals surface area contributed by atoms with Crippen molar-refractivity contribution in [2.24, 2.45) is 0 Å². The van der Waals surface area contributed by atoms with Crippen molar-refractivity contribution in [2.45, 2.75) is 38.6 Å². The SMILES string of the molecule is CC(C)c1cccc2c1c1cccnc1n2C1CCC(=O)NC1=O. The number of pyridine rings is 1. The minimum Gasteiger partial charge on any atom is -0.313 e. The molecule has 24 heavy (non-hydrogen) atoms. The van der Waals surface area contributed by atoms with Gasteiger partial charge in [0.1, 0.15) is 11.7 Å². The van der Waals surface area contributed by atoms with E-state index in [0.717, 1.165) is 21.9 Å². The lowest BCUT2D eigenvalue weighted by atomic mass is 9.97. The fourth-order valence-corrected chi connectivity index (χ4v) is 3.67. The first-order valence-corrected chi connectivity index (χ1v) is 8.29. The number of rotatable bonds is 2. The maximum absolute atomic E-state index is 12.4. The molecule has 0 bridgehead atoms. The zero-order chi connectivity index (χ0) is 16.8. The van der Waals surface area contributed by atoms with Crippen molar-refractivity contribution in [1.82, 2.24) is 14.9 Å². The second-order valence-corrected chi connectivity index (χ2v) is 6.61. The summed E-state index contributed by atoms with van der Waals surface area (Å²) in [4.78, 5) is 28.5. The highest BCUT2D eigenvalue weighted by Gasteiger charge is 2.31. The Morgan fingerprint density at radius 2 is 2.04 bits per heavy atom. The highest BCUT2D eigenvalue weighted by atomic mass is 16.2. The van der Waals surface area contributed by atoms with Crippen LogP contribution in [0, 0.1) is 0 Å². The van der Waals surface area contributed by atoms with E-state index in [1.165, 1.54) is 5.56 Å². The van der Waals surface area contributed by atoms with Crippen molar-refractivity contribution in [1.29, 1.82) is 0 Å². The lowest BCUT2D eigenvalue weighted by molar-refractivity contribution is -0.135. The molecule has 0 spiro atoms. The molecule has 1 N–H and O–H groups in total. The van der Waals surface area contributed by atoms with Gasteiger partial charge >= 0.3 is 0 Å².